The Labute approximate surface area is 189 Å². The lowest BCUT2D eigenvalue weighted by Gasteiger charge is -2.29. The van der Waals surface area contributed by atoms with Crippen LogP contribution in [0.5, 0.6) is 0 Å². The third kappa shape index (κ3) is 9.63. The van der Waals surface area contributed by atoms with Crippen molar-refractivity contribution in [1.29, 1.82) is 0 Å². The lowest BCUT2D eigenvalue weighted by Crippen LogP contribution is -2.60. The lowest BCUT2D eigenvalue weighted by molar-refractivity contribution is -0.143. The maximum Gasteiger partial charge on any atom is 0.326 e. The summed E-state index contributed by atoms with van der Waals surface area (Å²) in [5, 5.41) is 16.9. The lowest BCUT2D eigenvalue weighted by atomic mass is 9.96. The molecule has 0 bridgehead atoms. The number of nitrogens with one attached hydrogen (secondary N) is 3. The number of rotatable bonds is 14. The Morgan fingerprint density at radius 2 is 1.25 bits per heavy atom. The number of aliphatic carboxylic acids is 1. The molecule has 0 aliphatic heterocycles. The van der Waals surface area contributed by atoms with Crippen LogP contribution in [0.25, 0.3) is 0 Å². The van der Waals surface area contributed by atoms with Crippen LogP contribution in [-0.2, 0) is 24.0 Å². The number of amides is 4. The van der Waals surface area contributed by atoms with Gasteiger partial charge >= 0.3 is 5.97 Å². The Balaban J connectivity index is 5.38. The van der Waals surface area contributed by atoms with E-state index in [1.165, 1.54) is 0 Å². The summed E-state index contributed by atoms with van der Waals surface area (Å²) in [4.78, 5) is 60.5. The van der Waals surface area contributed by atoms with Crippen molar-refractivity contribution in [2.75, 3.05) is 0 Å². The Morgan fingerprint density at radius 1 is 0.812 bits per heavy atom. The Hall–Kier alpha value is -2.69. The third-order valence-corrected chi connectivity index (χ3v) is 5.35. The Bertz CT molecular complexity index is 682. The molecule has 0 aliphatic carbocycles. The van der Waals surface area contributed by atoms with Crippen molar-refractivity contribution in [3.05, 3.63) is 0 Å². The van der Waals surface area contributed by atoms with Gasteiger partial charge in [-0.25, -0.2) is 4.79 Å². The minimum Gasteiger partial charge on any atom is -0.480 e. The van der Waals surface area contributed by atoms with E-state index in [-0.39, 0.29) is 30.6 Å². The molecule has 32 heavy (non-hydrogen) atoms. The fourth-order valence-corrected chi connectivity index (χ4v) is 2.88. The average Bonchev–Trinajstić information content (AvgIpc) is 2.70. The van der Waals surface area contributed by atoms with Gasteiger partial charge in [0.1, 0.15) is 18.1 Å². The van der Waals surface area contributed by atoms with Gasteiger partial charge in [-0.1, -0.05) is 48.0 Å². The first-order valence-electron chi connectivity index (χ1n) is 10.9. The second kappa shape index (κ2) is 13.7. The molecule has 0 saturated carbocycles. The second-order valence-corrected chi connectivity index (χ2v) is 8.78. The van der Waals surface area contributed by atoms with Crippen molar-refractivity contribution in [1.82, 2.24) is 16.0 Å². The van der Waals surface area contributed by atoms with Crippen LogP contribution in [0.15, 0.2) is 0 Å². The van der Waals surface area contributed by atoms with Gasteiger partial charge in [-0.3, -0.25) is 19.2 Å². The zero-order valence-corrected chi connectivity index (χ0v) is 19.8. The van der Waals surface area contributed by atoms with Crippen LogP contribution in [0.3, 0.4) is 0 Å². The largest absolute Gasteiger partial charge is 0.480 e. The molecule has 0 aliphatic rings. The van der Waals surface area contributed by atoms with Crippen LogP contribution < -0.4 is 27.4 Å². The SMILES string of the molecule is CCC(C)C(N)C(=O)NC(C(=O)NC(C(=O)NC(CCC(N)=O)C(=O)O)C(C)C)C(C)C. The predicted octanol–water partition coefficient (Wildman–Crippen LogP) is -0.524. The summed E-state index contributed by atoms with van der Waals surface area (Å²) in [6.07, 6.45) is 0.310. The molecule has 0 aromatic rings. The molecule has 0 aromatic heterocycles. The van der Waals surface area contributed by atoms with Crippen molar-refractivity contribution in [2.24, 2.45) is 29.2 Å². The average molecular weight is 458 g/mol. The van der Waals surface area contributed by atoms with E-state index in [4.69, 9.17) is 11.5 Å². The molecule has 184 valence electrons. The highest BCUT2D eigenvalue weighted by Crippen LogP contribution is 2.10. The number of primary amides is 1. The first kappa shape index (κ1) is 29.3. The molecule has 0 fully saturated rings. The predicted molar refractivity (Wildman–Crippen MR) is 119 cm³/mol. The molecule has 0 rings (SSSR count). The molecule has 5 atom stereocenters. The van der Waals surface area contributed by atoms with Crippen molar-refractivity contribution >= 4 is 29.6 Å². The van der Waals surface area contributed by atoms with E-state index in [9.17, 15) is 29.1 Å². The van der Waals surface area contributed by atoms with Gasteiger partial charge in [-0.2, -0.15) is 0 Å². The molecule has 11 nitrogen and oxygen atoms in total. The quantitative estimate of drug-likeness (QED) is 0.202. The van der Waals surface area contributed by atoms with Crippen LogP contribution in [0.1, 0.15) is 60.8 Å². The van der Waals surface area contributed by atoms with Gasteiger partial charge in [0.25, 0.3) is 0 Å². The fourth-order valence-electron chi connectivity index (χ4n) is 2.88. The van der Waals surface area contributed by atoms with Gasteiger partial charge in [0.05, 0.1) is 6.04 Å². The third-order valence-electron chi connectivity index (χ3n) is 5.35. The first-order valence-corrected chi connectivity index (χ1v) is 10.9. The molecule has 0 saturated heterocycles. The Kier molecular flexibility index (Phi) is 12.5. The van der Waals surface area contributed by atoms with E-state index < -0.39 is 53.8 Å². The molecular formula is C21H39N5O6. The smallest absolute Gasteiger partial charge is 0.326 e. The summed E-state index contributed by atoms with van der Waals surface area (Å²) in [5.41, 5.74) is 11.0. The van der Waals surface area contributed by atoms with Crippen LogP contribution in [-0.4, -0.2) is 58.9 Å². The van der Waals surface area contributed by atoms with Gasteiger partial charge in [-0.05, 0) is 24.2 Å². The first-order chi connectivity index (χ1) is 14.7. The minimum atomic E-state index is -1.33. The molecule has 0 spiro atoms. The number of carboxylic acids is 1. The van der Waals surface area contributed by atoms with Crippen molar-refractivity contribution < 1.29 is 29.1 Å². The van der Waals surface area contributed by atoms with Crippen LogP contribution in [0, 0.1) is 17.8 Å². The highest BCUT2D eigenvalue weighted by Gasteiger charge is 2.33. The summed E-state index contributed by atoms with van der Waals surface area (Å²) >= 11 is 0. The normalized spacial score (nSPS) is 15.9. The number of hydrogen-bond acceptors (Lipinski definition) is 6. The van der Waals surface area contributed by atoms with Gasteiger partial charge in [0.15, 0.2) is 0 Å². The number of carbonyl (C=O) groups is 5. The van der Waals surface area contributed by atoms with E-state index in [1.54, 1.807) is 27.7 Å². The second-order valence-electron chi connectivity index (χ2n) is 8.78. The molecule has 11 heteroatoms. The van der Waals surface area contributed by atoms with Crippen LogP contribution in [0.4, 0.5) is 0 Å². The maximum atomic E-state index is 12.9. The fraction of sp³-hybridized carbons (Fsp3) is 0.762. The van der Waals surface area contributed by atoms with Gasteiger partial charge in [0.2, 0.25) is 23.6 Å². The zero-order chi connectivity index (χ0) is 25.2. The number of carboxylic acid groups (broad SMARTS) is 1. The topological polar surface area (TPSA) is 194 Å². The molecular weight excluding hydrogens is 418 g/mol. The zero-order valence-electron chi connectivity index (χ0n) is 19.8. The molecule has 0 aromatic carbocycles. The van der Waals surface area contributed by atoms with Crippen molar-refractivity contribution in [3.8, 4) is 0 Å². The summed E-state index contributed by atoms with van der Waals surface area (Å²) in [5.74, 6) is -4.51. The van der Waals surface area contributed by atoms with E-state index in [1.807, 2.05) is 13.8 Å². The van der Waals surface area contributed by atoms with Gasteiger partial charge < -0.3 is 32.5 Å². The molecule has 8 N–H and O–H groups in total. The van der Waals surface area contributed by atoms with Gasteiger partial charge in [0, 0.05) is 6.42 Å². The molecule has 5 unspecified atom stereocenters. The van der Waals surface area contributed by atoms with Crippen molar-refractivity contribution in [3.63, 3.8) is 0 Å². The van der Waals surface area contributed by atoms with E-state index >= 15 is 0 Å². The van der Waals surface area contributed by atoms with E-state index in [0.717, 1.165) is 0 Å². The monoisotopic (exact) mass is 457 g/mol. The highest BCUT2D eigenvalue weighted by molar-refractivity contribution is 5.94. The highest BCUT2D eigenvalue weighted by atomic mass is 16.4. The van der Waals surface area contributed by atoms with Crippen molar-refractivity contribution in [2.45, 2.75) is 85.0 Å². The summed E-state index contributed by atoms with van der Waals surface area (Å²) in [6, 6.07) is -4.10. The minimum absolute atomic E-state index is 0.0755. The van der Waals surface area contributed by atoms with E-state index in [2.05, 4.69) is 16.0 Å². The number of nitrogens with two attached hydrogens (primary N) is 2. The molecule has 0 radical (unpaired) electrons. The number of carbonyl (C=O) groups excluding carboxylic acids is 4. The van der Waals surface area contributed by atoms with E-state index in [0.29, 0.717) is 6.42 Å². The Morgan fingerprint density at radius 3 is 1.62 bits per heavy atom. The standard InChI is InChI=1S/C21H39N5O6/c1-7-12(6)15(23)18(28)25-17(11(4)5)20(30)26-16(10(2)3)19(29)24-13(21(31)32)8-9-14(22)27/h10-13,15-17H,7-9,23H2,1-6H3,(H2,22,27)(H,24,29)(H,25,28)(H,26,30)(H,31,32). The molecule has 0 heterocycles. The number of hydrogen-bond donors (Lipinski definition) is 6. The summed E-state index contributed by atoms with van der Waals surface area (Å²) in [6.45, 7) is 10.6. The maximum absolute atomic E-state index is 12.9. The molecule has 4 amide bonds. The summed E-state index contributed by atoms with van der Waals surface area (Å²) in [7, 11) is 0. The van der Waals surface area contributed by atoms with Gasteiger partial charge in [-0.15, -0.1) is 0 Å². The van der Waals surface area contributed by atoms with Crippen LogP contribution in [0.2, 0.25) is 0 Å². The summed E-state index contributed by atoms with van der Waals surface area (Å²) < 4.78 is 0. The van der Waals surface area contributed by atoms with Crippen LogP contribution >= 0.6 is 0 Å².